The highest BCUT2D eigenvalue weighted by Gasteiger charge is 2.21. The maximum atomic E-state index is 13.7. The Morgan fingerprint density at radius 1 is 1.17 bits per heavy atom. The molecule has 1 nitrogen and oxygen atoms in total. The number of benzene rings is 1. The standard InChI is InChI=1S/C15H14FNS/c1-10-14(12-8-5-9-13(12)16)17-15(18-10)11-6-3-2-4-7-11/h2-4,6-7H,5,8-9H2,1H3. The summed E-state index contributed by atoms with van der Waals surface area (Å²) in [5, 5.41) is 0.982. The van der Waals surface area contributed by atoms with Crippen LogP contribution >= 0.6 is 11.3 Å². The zero-order valence-corrected chi connectivity index (χ0v) is 11.1. The minimum atomic E-state index is 0.0306. The molecule has 2 aromatic rings. The molecule has 3 heteroatoms. The summed E-state index contributed by atoms with van der Waals surface area (Å²) in [6.07, 6.45) is 2.32. The van der Waals surface area contributed by atoms with Crippen molar-refractivity contribution >= 4 is 16.9 Å². The number of aryl methyl sites for hydroxylation is 1. The fourth-order valence-electron chi connectivity index (χ4n) is 2.33. The Morgan fingerprint density at radius 2 is 1.94 bits per heavy atom. The van der Waals surface area contributed by atoms with E-state index in [1.807, 2.05) is 37.3 Å². The van der Waals surface area contributed by atoms with E-state index in [0.717, 1.165) is 39.6 Å². The predicted molar refractivity (Wildman–Crippen MR) is 74.2 cm³/mol. The predicted octanol–water partition coefficient (Wildman–Crippen LogP) is 4.98. The molecular weight excluding hydrogens is 245 g/mol. The number of thiazole rings is 1. The van der Waals surface area contributed by atoms with Crippen LogP contribution in [0.25, 0.3) is 16.1 Å². The Balaban J connectivity index is 2.04. The van der Waals surface area contributed by atoms with Crippen molar-refractivity contribution in [3.05, 3.63) is 46.7 Å². The molecule has 1 aromatic heterocycles. The maximum Gasteiger partial charge on any atom is 0.124 e. The Morgan fingerprint density at radius 3 is 2.61 bits per heavy atom. The van der Waals surface area contributed by atoms with Crippen LogP contribution in [0.1, 0.15) is 29.8 Å². The molecule has 92 valence electrons. The van der Waals surface area contributed by atoms with Crippen LogP contribution in [0.2, 0.25) is 0 Å². The second-order valence-corrected chi connectivity index (χ2v) is 5.73. The number of hydrogen-bond acceptors (Lipinski definition) is 2. The second-order valence-electron chi connectivity index (χ2n) is 4.53. The first-order valence-corrected chi connectivity index (χ1v) is 6.98. The maximum absolute atomic E-state index is 13.7. The monoisotopic (exact) mass is 259 g/mol. The van der Waals surface area contributed by atoms with Crippen LogP contribution in [-0.2, 0) is 0 Å². The van der Waals surface area contributed by atoms with E-state index < -0.39 is 0 Å². The molecule has 0 unspecified atom stereocenters. The third-order valence-electron chi connectivity index (χ3n) is 3.25. The normalized spacial score (nSPS) is 15.4. The first-order chi connectivity index (χ1) is 8.75. The molecular formula is C15H14FNS. The molecule has 0 amide bonds. The van der Waals surface area contributed by atoms with Gasteiger partial charge < -0.3 is 0 Å². The number of rotatable bonds is 2. The summed E-state index contributed by atoms with van der Waals surface area (Å²) in [4.78, 5) is 5.75. The van der Waals surface area contributed by atoms with Gasteiger partial charge in [0.25, 0.3) is 0 Å². The van der Waals surface area contributed by atoms with Crippen molar-refractivity contribution < 1.29 is 4.39 Å². The van der Waals surface area contributed by atoms with Crippen molar-refractivity contribution in [3.8, 4) is 10.6 Å². The molecule has 0 bridgehead atoms. The lowest BCUT2D eigenvalue weighted by Crippen LogP contribution is -1.86. The van der Waals surface area contributed by atoms with E-state index in [9.17, 15) is 4.39 Å². The fourth-order valence-corrected chi connectivity index (χ4v) is 3.28. The molecule has 0 N–H and O–H groups in total. The van der Waals surface area contributed by atoms with Gasteiger partial charge in [0.2, 0.25) is 0 Å². The minimum absolute atomic E-state index is 0.0306. The van der Waals surface area contributed by atoms with Gasteiger partial charge in [0.15, 0.2) is 0 Å². The van der Waals surface area contributed by atoms with Crippen molar-refractivity contribution in [2.24, 2.45) is 0 Å². The molecule has 0 atom stereocenters. The Kier molecular flexibility index (Phi) is 3.00. The lowest BCUT2D eigenvalue weighted by molar-refractivity contribution is 0.606. The van der Waals surface area contributed by atoms with Crippen LogP contribution in [0.4, 0.5) is 4.39 Å². The van der Waals surface area contributed by atoms with Crippen molar-refractivity contribution in [2.45, 2.75) is 26.2 Å². The molecule has 18 heavy (non-hydrogen) atoms. The van der Waals surface area contributed by atoms with Gasteiger partial charge in [0.05, 0.1) is 5.69 Å². The average molecular weight is 259 g/mol. The number of nitrogens with zero attached hydrogens (tertiary/aromatic N) is 1. The van der Waals surface area contributed by atoms with Crippen LogP contribution < -0.4 is 0 Å². The van der Waals surface area contributed by atoms with E-state index in [2.05, 4.69) is 4.98 Å². The van der Waals surface area contributed by atoms with E-state index in [1.165, 1.54) is 0 Å². The molecule has 0 saturated heterocycles. The molecule has 1 heterocycles. The van der Waals surface area contributed by atoms with Gasteiger partial charge in [-0.1, -0.05) is 30.3 Å². The quantitative estimate of drug-likeness (QED) is 0.741. The van der Waals surface area contributed by atoms with Crippen molar-refractivity contribution in [3.63, 3.8) is 0 Å². The topological polar surface area (TPSA) is 12.9 Å². The van der Waals surface area contributed by atoms with Crippen molar-refractivity contribution in [1.29, 1.82) is 0 Å². The number of aromatic nitrogens is 1. The molecule has 1 aromatic carbocycles. The van der Waals surface area contributed by atoms with Gasteiger partial charge in [-0.2, -0.15) is 0 Å². The van der Waals surface area contributed by atoms with E-state index >= 15 is 0 Å². The largest absolute Gasteiger partial charge is 0.236 e. The SMILES string of the molecule is Cc1sc(-c2ccccc2)nc1C1=C(F)CCC1. The van der Waals surface area contributed by atoms with Gasteiger partial charge in [-0.05, 0) is 26.2 Å². The van der Waals surface area contributed by atoms with Crippen LogP contribution in [0.5, 0.6) is 0 Å². The Labute approximate surface area is 110 Å². The van der Waals surface area contributed by atoms with Crippen molar-refractivity contribution in [1.82, 2.24) is 4.98 Å². The molecule has 0 fully saturated rings. The third-order valence-corrected chi connectivity index (χ3v) is 4.27. The Bertz CT molecular complexity index is 598. The van der Waals surface area contributed by atoms with E-state index in [4.69, 9.17) is 0 Å². The highest BCUT2D eigenvalue weighted by Crippen LogP contribution is 2.38. The zero-order valence-electron chi connectivity index (χ0n) is 10.2. The minimum Gasteiger partial charge on any atom is -0.236 e. The lowest BCUT2D eigenvalue weighted by atomic mass is 10.1. The van der Waals surface area contributed by atoms with Crippen LogP contribution in [0.3, 0.4) is 0 Å². The van der Waals surface area contributed by atoms with Crippen molar-refractivity contribution in [2.75, 3.05) is 0 Å². The fraction of sp³-hybridized carbons (Fsp3) is 0.267. The first-order valence-electron chi connectivity index (χ1n) is 6.16. The summed E-state index contributed by atoms with van der Waals surface area (Å²) in [6.45, 7) is 2.03. The van der Waals surface area contributed by atoms with E-state index in [1.54, 1.807) is 11.3 Å². The summed E-state index contributed by atoms with van der Waals surface area (Å²) in [5.74, 6) is 0.0306. The van der Waals surface area contributed by atoms with Gasteiger partial charge in [-0.3, -0.25) is 0 Å². The summed E-state index contributed by atoms with van der Waals surface area (Å²) in [5.41, 5.74) is 2.80. The highest BCUT2D eigenvalue weighted by molar-refractivity contribution is 7.15. The third kappa shape index (κ3) is 1.99. The molecule has 1 aliphatic rings. The number of halogens is 1. The van der Waals surface area contributed by atoms with E-state index in [-0.39, 0.29) is 5.83 Å². The van der Waals surface area contributed by atoms with Crippen LogP contribution in [0, 0.1) is 6.92 Å². The summed E-state index contributed by atoms with van der Waals surface area (Å²) in [7, 11) is 0. The summed E-state index contributed by atoms with van der Waals surface area (Å²) < 4.78 is 13.7. The molecule has 0 radical (unpaired) electrons. The van der Waals surface area contributed by atoms with Gasteiger partial charge in [0, 0.05) is 16.0 Å². The molecule has 1 aliphatic carbocycles. The second kappa shape index (κ2) is 4.65. The number of allylic oxidation sites excluding steroid dienone is 2. The zero-order chi connectivity index (χ0) is 12.5. The van der Waals surface area contributed by atoms with Gasteiger partial charge in [-0.25, -0.2) is 9.37 Å². The lowest BCUT2D eigenvalue weighted by Gasteiger charge is -1.98. The molecule has 0 spiro atoms. The highest BCUT2D eigenvalue weighted by atomic mass is 32.1. The van der Waals surface area contributed by atoms with Gasteiger partial charge in [0.1, 0.15) is 10.8 Å². The average Bonchev–Trinajstić information content (AvgIpc) is 2.96. The molecule has 3 rings (SSSR count). The molecule has 0 saturated carbocycles. The summed E-state index contributed by atoms with van der Waals surface area (Å²) >= 11 is 1.64. The number of hydrogen-bond donors (Lipinski definition) is 0. The van der Waals surface area contributed by atoms with Gasteiger partial charge >= 0.3 is 0 Å². The summed E-state index contributed by atoms with van der Waals surface area (Å²) in [6, 6.07) is 10.1. The van der Waals surface area contributed by atoms with Crippen LogP contribution in [0.15, 0.2) is 36.2 Å². The van der Waals surface area contributed by atoms with Gasteiger partial charge in [-0.15, -0.1) is 11.3 Å². The molecule has 0 aliphatic heterocycles. The van der Waals surface area contributed by atoms with E-state index in [0.29, 0.717) is 6.42 Å². The Hall–Kier alpha value is -1.48. The first kappa shape index (κ1) is 11.6. The van der Waals surface area contributed by atoms with Crippen LogP contribution in [-0.4, -0.2) is 4.98 Å². The smallest absolute Gasteiger partial charge is 0.124 e.